The molecule has 2 atom stereocenters. The van der Waals surface area contributed by atoms with Gasteiger partial charge in [0.2, 0.25) is 0 Å². The lowest BCUT2D eigenvalue weighted by Gasteiger charge is -2.32. The summed E-state index contributed by atoms with van der Waals surface area (Å²) >= 11 is 0. The molecule has 5 nitrogen and oxygen atoms in total. The zero-order valence-electron chi connectivity index (χ0n) is 14.0. The summed E-state index contributed by atoms with van der Waals surface area (Å²) < 4.78 is 38.9. The van der Waals surface area contributed by atoms with Crippen molar-refractivity contribution in [3.8, 4) is 0 Å². The van der Waals surface area contributed by atoms with Gasteiger partial charge in [-0.05, 0) is 37.5 Å². The topological polar surface area (TPSA) is 69.6 Å². The zero-order valence-corrected chi connectivity index (χ0v) is 14.0. The van der Waals surface area contributed by atoms with E-state index in [9.17, 15) is 22.8 Å². The fraction of sp³-hybridized carbons (Fsp3) is 0.875. The molecule has 2 amide bonds. The van der Waals surface area contributed by atoms with Gasteiger partial charge in [0.1, 0.15) is 0 Å². The van der Waals surface area contributed by atoms with Gasteiger partial charge < -0.3 is 15.3 Å². The molecule has 2 aliphatic rings. The Balaban J connectivity index is 1.90. The second kappa shape index (κ2) is 7.19. The number of carbonyl (C=O) groups is 2. The van der Waals surface area contributed by atoms with Crippen molar-refractivity contribution in [1.29, 1.82) is 0 Å². The molecular weight excluding hydrogens is 325 g/mol. The maximum absolute atomic E-state index is 13.0. The normalized spacial score (nSPS) is 31.3. The molecule has 24 heavy (non-hydrogen) atoms. The van der Waals surface area contributed by atoms with Gasteiger partial charge >= 0.3 is 18.2 Å². The maximum atomic E-state index is 13.0. The molecule has 0 aromatic carbocycles. The highest BCUT2D eigenvalue weighted by Crippen LogP contribution is 2.38. The maximum Gasteiger partial charge on any atom is 0.394 e. The Morgan fingerprint density at radius 3 is 2.12 bits per heavy atom. The van der Waals surface area contributed by atoms with Crippen molar-refractivity contribution in [1.82, 2.24) is 10.2 Å². The summed E-state index contributed by atoms with van der Waals surface area (Å²) in [7, 11) is 0. The Hall–Kier alpha value is -1.47. The van der Waals surface area contributed by atoms with Crippen molar-refractivity contribution in [2.45, 2.75) is 51.7 Å². The lowest BCUT2D eigenvalue weighted by molar-refractivity contribution is -0.187. The van der Waals surface area contributed by atoms with Gasteiger partial charge in [0.05, 0.1) is 11.8 Å². The van der Waals surface area contributed by atoms with E-state index in [2.05, 4.69) is 19.2 Å². The molecule has 8 heteroatoms. The third-order valence-electron chi connectivity index (χ3n) is 5.39. The molecule has 1 aliphatic heterocycles. The molecule has 0 radical (unpaired) electrons. The van der Waals surface area contributed by atoms with Crippen LogP contribution in [0.1, 0.15) is 39.5 Å². The van der Waals surface area contributed by atoms with Gasteiger partial charge in [0.15, 0.2) is 0 Å². The number of aliphatic carboxylic acids is 1. The van der Waals surface area contributed by atoms with Gasteiger partial charge in [0.25, 0.3) is 0 Å². The van der Waals surface area contributed by atoms with Crippen molar-refractivity contribution in [3.63, 3.8) is 0 Å². The van der Waals surface area contributed by atoms with Crippen LogP contribution >= 0.6 is 0 Å². The Morgan fingerprint density at radius 1 is 1.12 bits per heavy atom. The smallest absolute Gasteiger partial charge is 0.394 e. The molecule has 2 fully saturated rings. The number of amides is 2. The van der Waals surface area contributed by atoms with Crippen LogP contribution in [-0.4, -0.2) is 47.3 Å². The van der Waals surface area contributed by atoms with E-state index in [0.717, 1.165) is 30.6 Å². The lowest BCUT2D eigenvalue weighted by Crippen LogP contribution is -2.45. The highest BCUT2D eigenvalue weighted by Gasteiger charge is 2.53. The molecule has 1 aliphatic carbocycles. The van der Waals surface area contributed by atoms with Gasteiger partial charge in [0, 0.05) is 19.1 Å². The van der Waals surface area contributed by atoms with Crippen LogP contribution in [0.2, 0.25) is 0 Å². The van der Waals surface area contributed by atoms with Crippen molar-refractivity contribution in [2.24, 2.45) is 23.7 Å². The molecule has 0 aromatic rings. The van der Waals surface area contributed by atoms with Crippen LogP contribution in [0.3, 0.4) is 0 Å². The number of alkyl halides is 3. The number of nitrogens with one attached hydrogen (secondary N) is 1. The third-order valence-corrected chi connectivity index (χ3v) is 5.39. The molecule has 1 heterocycles. The van der Waals surface area contributed by atoms with Gasteiger partial charge in [-0.3, -0.25) is 4.79 Å². The van der Waals surface area contributed by atoms with E-state index in [-0.39, 0.29) is 6.04 Å². The van der Waals surface area contributed by atoms with Crippen LogP contribution in [0, 0.1) is 23.7 Å². The number of urea groups is 1. The van der Waals surface area contributed by atoms with Gasteiger partial charge in [-0.1, -0.05) is 13.8 Å². The molecule has 138 valence electrons. The van der Waals surface area contributed by atoms with Crippen molar-refractivity contribution < 1.29 is 27.9 Å². The van der Waals surface area contributed by atoms with Crippen molar-refractivity contribution >= 4 is 12.0 Å². The van der Waals surface area contributed by atoms with E-state index >= 15 is 0 Å². The standard InChI is InChI=1S/C16H25F3N2O3/c1-9(2)10-3-5-11(6-4-10)20-15(24)21-7-12(14(22)23)13(8-21)16(17,18)19/h9-13H,3-8H2,1-2H3,(H,20,24)(H,22,23)/t10?,11?,12-,13-/m1/s1. The molecule has 1 saturated carbocycles. The van der Waals surface area contributed by atoms with Crippen LogP contribution in [0.4, 0.5) is 18.0 Å². The first kappa shape index (κ1) is 18.9. The molecule has 2 rings (SSSR count). The molecule has 0 spiro atoms. The van der Waals surface area contributed by atoms with Crippen LogP contribution in [0.25, 0.3) is 0 Å². The highest BCUT2D eigenvalue weighted by molar-refractivity contribution is 5.78. The summed E-state index contributed by atoms with van der Waals surface area (Å²) in [5.74, 6) is -3.89. The first-order valence-electron chi connectivity index (χ1n) is 8.44. The van der Waals surface area contributed by atoms with Crippen LogP contribution in [0.5, 0.6) is 0 Å². The highest BCUT2D eigenvalue weighted by atomic mass is 19.4. The number of hydrogen-bond acceptors (Lipinski definition) is 2. The monoisotopic (exact) mass is 350 g/mol. The zero-order chi connectivity index (χ0) is 18.1. The number of likely N-dealkylation sites (tertiary alicyclic amines) is 1. The van der Waals surface area contributed by atoms with E-state index in [0.29, 0.717) is 11.8 Å². The van der Waals surface area contributed by atoms with Crippen molar-refractivity contribution in [3.05, 3.63) is 0 Å². The average Bonchev–Trinajstić information content (AvgIpc) is 2.93. The Bertz CT molecular complexity index is 474. The minimum Gasteiger partial charge on any atom is -0.481 e. The quantitative estimate of drug-likeness (QED) is 0.822. The number of carbonyl (C=O) groups excluding carboxylic acids is 1. The van der Waals surface area contributed by atoms with E-state index in [4.69, 9.17) is 5.11 Å². The van der Waals surface area contributed by atoms with Crippen LogP contribution in [0.15, 0.2) is 0 Å². The number of carboxylic acids is 1. The molecule has 1 saturated heterocycles. The third kappa shape index (κ3) is 4.33. The number of carboxylic acid groups (broad SMARTS) is 1. The van der Waals surface area contributed by atoms with E-state index < -0.39 is 43.1 Å². The minimum absolute atomic E-state index is 0.0410. The molecule has 2 N–H and O–H groups in total. The molecular formula is C16H25F3N2O3. The first-order valence-corrected chi connectivity index (χ1v) is 8.44. The minimum atomic E-state index is -4.62. The summed E-state index contributed by atoms with van der Waals surface area (Å²) in [6.45, 7) is 3.34. The first-order chi connectivity index (χ1) is 11.1. The number of hydrogen-bond donors (Lipinski definition) is 2. The summed E-state index contributed by atoms with van der Waals surface area (Å²) in [4.78, 5) is 24.3. The predicted octanol–water partition coefficient (Wildman–Crippen LogP) is 3.11. The Labute approximate surface area is 139 Å². The predicted molar refractivity (Wildman–Crippen MR) is 81.4 cm³/mol. The number of nitrogens with zero attached hydrogens (tertiary/aromatic N) is 1. The lowest BCUT2D eigenvalue weighted by atomic mass is 9.80. The molecule has 0 aromatic heterocycles. The largest absolute Gasteiger partial charge is 0.481 e. The van der Waals surface area contributed by atoms with Gasteiger partial charge in [-0.25, -0.2) is 4.79 Å². The van der Waals surface area contributed by atoms with Gasteiger partial charge in [-0.2, -0.15) is 13.2 Å². The van der Waals surface area contributed by atoms with E-state index in [1.165, 1.54) is 0 Å². The van der Waals surface area contributed by atoms with Crippen molar-refractivity contribution in [2.75, 3.05) is 13.1 Å². The van der Waals surface area contributed by atoms with E-state index in [1.807, 2.05) is 0 Å². The summed E-state index contributed by atoms with van der Waals surface area (Å²) in [6, 6.07) is -0.623. The number of halogens is 3. The molecule has 0 bridgehead atoms. The Kier molecular flexibility index (Phi) is 5.65. The van der Waals surface area contributed by atoms with Crippen LogP contribution in [-0.2, 0) is 4.79 Å². The SMILES string of the molecule is CC(C)C1CCC(NC(=O)N2C[C@@H](C(F)(F)F)[C@H](C(=O)O)C2)CC1. The van der Waals surface area contributed by atoms with Gasteiger partial charge in [-0.15, -0.1) is 0 Å². The average molecular weight is 350 g/mol. The van der Waals surface area contributed by atoms with Crippen LogP contribution < -0.4 is 5.32 Å². The Morgan fingerprint density at radius 2 is 1.71 bits per heavy atom. The second-order valence-electron chi connectivity index (χ2n) is 7.30. The fourth-order valence-corrected chi connectivity index (χ4v) is 3.75. The number of rotatable bonds is 3. The summed E-state index contributed by atoms with van der Waals surface area (Å²) in [5, 5.41) is 11.8. The molecule has 0 unspecified atom stereocenters. The fourth-order valence-electron chi connectivity index (χ4n) is 3.75. The second-order valence-corrected chi connectivity index (χ2v) is 7.30. The van der Waals surface area contributed by atoms with E-state index in [1.54, 1.807) is 0 Å². The summed E-state index contributed by atoms with van der Waals surface area (Å²) in [6.07, 6.45) is -1.01. The summed E-state index contributed by atoms with van der Waals surface area (Å²) in [5.41, 5.74) is 0.